The second-order valence-electron chi connectivity index (χ2n) is 6.83. The molecule has 0 unspecified atom stereocenters. The zero-order chi connectivity index (χ0) is 20.4. The minimum atomic E-state index is -0.287. The summed E-state index contributed by atoms with van der Waals surface area (Å²) >= 11 is 2.46. The number of aryl methyl sites for hydroxylation is 2. The number of carbonyl (C=O) groups is 2. The van der Waals surface area contributed by atoms with Gasteiger partial charge in [0.15, 0.2) is 5.09 Å². The van der Waals surface area contributed by atoms with E-state index in [0.29, 0.717) is 10.7 Å². The Hall–Kier alpha value is -2.70. The molecule has 1 aliphatic heterocycles. The van der Waals surface area contributed by atoms with Crippen LogP contribution in [0.25, 0.3) is 6.08 Å². The van der Waals surface area contributed by atoms with E-state index in [0.717, 1.165) is 32.9 Å². The number of hydrogen-bond acceptors (Lipinski definition) is 5. The van der Waals surface area contributed by atoms with Crippen LogP contribution in [0.15, 0.2) is 80.0 Å². The van der Waals surface area contributed by atoms with Gasteiger partial charge in [-0.25, -0.2) is 0 Å². The predicted octanol–water partition coefficient (Wildman–Crippen LogP) is 6.28. The SMILES string of the molecule is Cc1ccc(CN2C(=O)S/C(=C\c3ccc(Sc4ccc(C)cc4)o3)C2=O)cc1. The number of amides is 2. The van der Waals surface area contributed by atoms with Crippen molar-refractivity contribution < 1.29 is 14.0 Å². The zero-order valence-corrected chi connectivity index (χ0v) is 17.7. The fraction of sp³-hybridized carbons (Fsp3) is 0.130. The largest absolute Gasteiger partial charge is 0.450 e. The summed E-state index contributed by atoms with van der Waals surface area (Å²) in [6, 6.07) is 19.7. The Labute approximate surface area is 178 Å². The summed E-state index contributed by atoms with van der Waals surface area (Å²) in [6.45, 7) is 4.32. The van der Waals surface area contributed by atoms with Crippen LogP contribution in [0.2, 0.25) is 0 Å². The number of nitrogens with zero attached hydrogens (tertiary/aromatic N) is 1. The Morgan fingerprint density at radius 1 is 0.931 bits per heavy atom. The molecule has 0 aliphatic carbocycles. The fourth-order valence-corrected chi connectivity index (χ4v) is 4.43. The van der Waals surface area contributed by atoms with Crippen LogP contribution in [-0.4, -0.2) is 16.0 Å². The van der Waals surface area contributed by atoms with E-state index in [2.05, 4.69) is 12.1 Å². The average Bonchev–Trinajstić information content (AvgIpc) is 3.25. The smallest absolute Gasteiger partial charge is 0.293 e. The zero-order valence-electron chi connectivity index (χ0n) is 16.0. The van der Waals surface area contributed by atoms with Crippen LogP contribution < -0.4 is 0 Å². The normalized spacial score (nSPS) is 15.5. The van der Waals surface area contributed by atoms with Crippen molar-refractivity contribution in [2.75, 3.05) is 0 Å². The monoisotopic (exact) mass is 421 g/mol. The van der Waals surface area contributed by atoms with Gasteiger partial charge < -0.3 is 4.42 Å². The molecule has 29 heavy (non-hydrogen) atoms. The van der Waals surface area contributed by atoms with Gasteiger partial charge in [0.1, 0.15) is 5.76 Å². The van der Waals surface area contributed by atoms with Gasteiger partial charge in [-0.3, -0.25) is 14.5 Å². The maximum Gasteiger partial charge on any atom is 0.293 e. The first-order valence-electron chi connectivity index (χ1n) is 9.13. The highest BCUT2D eigenvalue weighted by Gasteiger charge is 2.35. The van der Waals surface area contributed by atoms with Crippen LogP contribution in [0.4, 0.5) is 4.79 Å². The first-order valence-corrected chi connectivity index (χ1v) is 10.8. The van der Waals surface area contributed by atoms with Gasteiger partial charge in [-0.1, -0.05) is 59.3 Å². The molecule has 1 saturated heterocycles. The quantitative estimate of drug-likeness (QED) is 0.454. The average molecular weight is 422 g/mol. The first-order chi connectivity index (χ1) is 14.0. The lowest BCUT2D eigenvalue weighted by atomic mass is 10.1. The van der Waals surface area contributed by atoms with E-state index >= 15 is 0 Å². The molecule has 2 aromatic carbocycles. The summed E-state index contributed by atoms with van der Waals surface area (Å²) in [5, 5.41) is 0.474. The molecule has 0 radical (unpaired) electrons. The molecule has 1 aliphatic rings. The van der Waals surface area contributed by atoms with E-state index in [1.807, 2.05) is 62.4 Å². The van der Waals surface area contributed by atoms with Gasteiger partial charge in [-0.05, 0) is 55.4 Å². The third-order valence-corrected chi connectivity index (χ3v) is 6.29. The van der Waals surface area contributed by atoms with Crippen molar-refractivity contribution in [1.82, 2.24) is 4.90 Å². The Balaban J connectivity index is 1.46. The van der Waals surface area contributed by atoms with Crippen LogP contribution >= 0.6 is 23.5 Å². The molecule has 3 aromatic rings. The summed E-state index contributed by atoms with van der Waals surface area (Å²) in [6.07, 6.45) is 1.64. The molecule has 6 heteroatoms. The lowest BCUT2D eigenvalue weighted by Crippen LogP contribution is -2.27. The number of furan rings is 1. The van der Waals surface area contributed by atoms with Gasteiger partial charge in [0, 0.05) is 11.0 Å². The van der Waals surface area contributed by atoms with Crippen molar-refractivity contribution in [2.24, 2.45) is 0 Å². The van der Waals surface area contributed by atoms with E-state index in [1.165, 1.54) is 22.2 Å². The Morgan fingerprint density at radius 2 is 1.59 bits per heavy atom. The van der Waals surface area contributed by atoms with Gasteiger partial charge in [0.2, 0.25) is 0 Å². The predicted molar refractivity (Wildman–Crippen MR) is 117 cm³/mol. The number of imide groups is 1. The summed E-state index contributed by atoms with van der Waals surface area (Å²) in [7, 11) is 0. The highest BCUT2D eigenvalue weighted by molar-refractivity contribution is 8.18. The molecule has 0 N–H and O–H groups in total. The lowest BCUT2D eigenvalue weighted by molar-refractivity contribution is -0.123. The Bertz CT molecular complexity index is 1080. The molecule has 4 nitrogen and oxygen atoms in total. The molecular formula is C23H19NO3S2. The summed E-state index contributed by atoms with van der Waals surface area (Å²) < 4.78 is 5.82. The second-order valence-corrected chi connectivity index (χ2v) is 8.90. The van der Waals surface area contributed by atoms with Gasteiger partial charge >= 0.3 is 0 Å². The molecule has 1 fully saturated rings. The number of benzene rings is 2. The van der Waals surface area contributed by atoms with Gasteiger partial charge in [0.05, 0.1) is 11.4 Å². The van der Waals surface area contributed by atoms with Gasteiger partial charge in [0.25, 0.3) is 11.1 Å². The van der Waals surface area contributed by atoms with Crippen LogP contribution in [0.1, 0.15) is 22.5 Å². The molecule has 2 amide bonds. The molecule has 146 valence electrons. The highest BCUT2D eigenvalue weighted by Crippen LogP contribution is 2.35. The van der Waals surface area contributed by atoms with E-state index in [-0.39, 0.29) is 17.7 Å². The molecule has 4 rings (SSSR count). The van der Waals surface area contributed by atoms with Gasteiger partial charge in [-0.15, -0.1) is 0 Å². The molecule has 0 spiro atoms. The van der Waals surface area contributed by atoms with E-state index in [1.54, 1.807) is 6.08 Å². The Morgan fingerprint density at radius 3 is 2.28 bits per heavy atom. The topological polar surface area (TPSA) is 50.5 Å². The summed E-state index contributed by atoms with van der Waals surface area (Å²) in [4.78, 5) is 27.7. The van der Waals surface area contributed by atoms with Crippen molar-refractivity contribution in [1.29, 1.82) is 0 Å². The molecular weight excluding hydrogens is 402 g/mol. The summed E-state index contributed by atoms with van der Waals surface area (Å²) in [5.41, 5.74) is 3.27. The van der Waals surface area contributed by atoms with E-state index < -0.39 is 0 Å². The van der Waals surface area contributed by atoms with Crippen LogP contribution in [0.5, 0.6) is 0 Å². The molecule has 0 bridgehead atoms. The third kappa shape index (κ3) is 4.66. The van der Waals surface area contributed by atoms with Crippen LogP contribution in [0, 0.1) is 13.8 Å². The highest BCUT2D eigenvalue weighted by atomic mass is 32.2. The third-order valence-electron chi connectivity index (χ3n) is 4.45. The maximum atomic E-state index is 12.7. The standard InChI is InChI=1S/C23H19NO3S2/c1-15-3-7-17(8-4-15)14-24-22(25)20(29-23(24)26)13-18-9-12-21(27-18)28-19-10-5-16(2)6-11-19/h3-13H,14H2,1-2H3/b20-13-. The second kappa shape index (κ2) is 8.35. The number of hydrogen-bond donors (Lipinski definition) is 0. The van der Waals surface area contributed by atoms with Crippen molar-refractivity contribution in [3.05, 3.63) is 88.0 Å². The van der Waals surface area contributed by atoms with E-state index in [4.69, 9.17) is 4.42 Å². The number of rotatable bonds is 5. The molecule has 1 aromatic heterocycles. The van der Waals surface area contributed by atoms with Crippen molar-refractivity contribution >= 4 is 40.7 Å². The minimum Gasteiger partial charge on any atom is -0.450 e. The first kappa shape index (κ1) is 19.6. The van der Waals surface area contributed by atoms with Crippen molar-refractivity contribution in [3.63, 3.8) is 0 Å². The maximum absolute atomic E-state index is 12.7. The molecule has 2 heterocycles. The van der Waals surface area contributed by atoms with E-state index in [9.17, 15) is 9.59 Å². The van der Waals surface area contributed by atoms with Crippen LogP contribution in [-0.2, 0) is 11.3 Å². The molecule has 0 atom stereocenters. The minimum absolute atomic E-state index is 0.261. The lowest BCUT2D eigenvalue weighted by Gasteiger charge is -2.12. The van der Waals surface area contributed by atoms with Crippen molar-refractivity contribution in [2.45, 2.75) is 30.4 Å². The van der Waals surface area contributed by atoms with Crippen molar-refractivity contribution in [3.8, 4) is 0 Å². The fourth-order valence-electron chi connectivity index (χ4n) is 2.83. The molecule has 0 saturated carbocycles. The summed E-state index contributed by atoms with van der Waals surface area (Å²) in [5.74, 6) is 0.269. The Kier molecular flexibility index (Phi) is 5.65. The van der Waals surface area contributed by atoms with Gasteiger partial charge in [-0.2, -0.15) is 0 Å². The van der Waals surface area contributed by atoms with Crippen LogP contribution in [0.3, 0.4) is 0 Å². The number of thioether (sulfide) groups is 1. The number of carbonyl (C=O) groups excluding carboxylic acids is 2.